The number of aromatic amines is 1. The number of nitrogens with one attached hydrogen (secondary N) is 2. The van der Waals surface area contributed by atoms with Crippen molar-refractivity contribution < 1.29 is 17.2 Å². The highest BCUT2D eigenvalue weighted by atomic mass is 32.2. The number of imidazole rings is 1. The Bertz CT molecular complexity index is 1500. The average Bonchev–Trinajstić information content (AvgIpc) is 3.50. The molecule has 0 unspecified atom stereocenters. The fraction of sp³-hybridized carbons (Fsp3) is 0.481. The number of pyridine rings is 1. The Balaban J connectivity index is 1.17. The maximum Gasteiger partial charge on any atom is 0.258 e. The molecule has 2 N–H and O–H groups in total. The number of aromatic nitrogens is 3. The van der Waals surface area contributed by atoms with Crippen LogP contribution in [0, 0.1) is 17.3 Å². The van der Waals surface area contributed by atoms with Crippen molar-refractivity contribution in [2.45, 2.75) is 31.6 Å². The molecule has 7 rings (SSSR count). The van der Waals surface area contributed by atoms with E-state index in [-0.39, 0.29) is 0 Å². The number of alkyl halides is 2. The number of anilines is 3. The van der Waals surface area contributed by atoms with Gasteiger partial charge in [0.25, 0.3) is 5.92 Å². The van der Waals surface area contributed by atoms with Gasteiger partial charge in [-0.1, -0.05) is 6.07 Å². The average molecular weight is 541 g/mol. The van der Waals surface area contributed by atoms with E-state index in [1.54, 1.807) is 12.3 Å². The highest BCUT2D eigenvalue weighted by Crippen LogP contribution is 2.59. The first kappa shape index (κ1) is 23.9. The molecule has 0 bridgehead atoms. The zero-order valence-electron chi connectivity index (χ0n) is 21.1. The lowest BCUT2D eigenvalue weighted by Crippen LogP contribution is -2.34. The molecular formula is C27H30F2N6O2S. The zero-order chi connectivity index (χ0) is 26.3. The van der Waals surface area contributed by atoms with E-state index >= 15 is 0 Å². The Kier molecular flexibility index (Phi) is 5.12. The van der Waals surface area contributed by atoms with Gasteiger partial charge in [-0.2, -0.15) is 0 Å². The molecule has 8 nitrogen and oxygen atoms in total. The molecule has 2 aliphatic heterocycles. The van der Waals surface area contributed by atoms with Gasteiger partial charge in [-0.15, -0.1) is 0 Å². The molecule has 2 aliphatic carbocycles. The topological polar surface area (TPSA) is 94.2 Å². The second kappa shape index (κ2) is 8.14. The number of benzene rings is 1. The highest BCUT2D eigenvalue weighted by molar-refractivity contribution is 7.92. The molecule has 0 radical (unpaired) electrons. The fourth-order valence-corrected chi connectivity index (χ4v) is 6.76. The van der Waals surface area contributed by atoms with Crippen molar-refractivity contribution in [1.82, 2.24) is 15.0 Å². The van der Waals surface area contributed by atoms with E-state index < -0.39 is 27.8 Å². The molecule has 2 saturated heterocycles. The zero-order valence-corrected chi connectivity index (χ0v) is 21.9. The lowest BCUT2D eigenvalue weighted by molar-refractivity contribution is 0.0797. The lowest BCUT2D eigenvalue weighted by Gasteiger charge is -2.35. The summed E-state index contributed by atoms with van der Waals surface area (Å²) in [6.45, 7) is 2.50. The number of H-pyrrole nitrogens is 1. The van der Waals surface area contributed by atoms with Gasteiger partial charge in [-0.25, -0.2) is 27.2 Å². The predicted octanol–water partition coefficient (Wildman–Crippen LogP) is 4.59. The predicted molar refractivity (Wildman–Crippen MR) is 143 cm³/mol. The summed E-state index contributed by atoms with van der Waals surface area (Å²) in [5, 5.41) is 0. The second-order valence-corrected chi connectivity index (χ2v) is 13.2. The molecular weight excluding hydrogens is 510 g/mol. The van der Waals surface area contributed by atoms with Crippen LogP contribution in [-0.4, -0.2) is 61.7 Å². The Hall–Kier alpha value is -3.21. The Morgan fingerprint density at radius 1 is 1.03 bits per heavy atom. The van der Waals surface area contributed by atoms with Gasteiger partial charge in [-0.3, -0.25) is 4.72 Å². The van der Waals surface area contributed by atoms with Gasteiger partial charge in [0, 0.05) is 37.4 Å². The third-order valence-electron chi connectivity index (χ3n) is 8.79. The van der Waals surface area contributed by atoms with Crippen LogP contribution >= 0.6 is 0 Å². The Morgan fingerprint density at radius 2 is 1.76 bits per heavy atom. The molecule has 0 amide bonds. The molecule has 11 heteroatoms. The molecule has 38 heavy (non-hydrogen) atoms. The van der Waals surface area contributed by atoms with Crippen LogP contribution in [0.5, 0.6) is 0 Å². The van der Waals surface area contributed by atoms with Crippen molar-refractivity contribution in [1.29, 1.82) is 0 Å². The summed E-state index contributed by atoms with van der Waals surface area (Å²) in [7, 11) is -3.41. The molecule has 4 aliphatic rings. The summed E-state index contributed by atoms with van der Waals surface area (Å²) in [5.74, 6) is -2.28. The summed E-state index contributed by atoms with van der Waals surface area (Å²) >= 11 is 0. The Labute approximate surface area is 220 Å². The highest BCUT2D eigenvalue weighted by Gasteiger charge is 2.71. The number of rotatable bonds is 6. The van der Waals surface area contributed by atoms with Crippen LogP contribution in [-0.2, 0) is 10.0 Å². The number of fused-ring (bicyclic) bond motifs is 1. The van der Waals surface area contributed by atoms with Gasteiger partial charge in [-0.05, 0) is 61.4 Å². The van der Waals surface area contributed by atoms with E-state index in [0.29, 0.717) is 41.5 Å². The van der Waals surface area contributed by atoms with E-state index in [9.17, 15) is 17.2 Å². The first-order valence-electron chi connectivity index (χ1n) is 13.1. The van der Waals surface area contributed by atoms with E-state index in [1.165, 1.54) is 12.8 Å². The van der Waals surface area contributed by atoms with Crippen molar-refractivity contribution >= 4 is 27.2 Å². The summed E-state index contributed by atoms with van der Waals surface area (Å²) in [6.07, 6.45) is 7.77. The van der Waals surface area contributed by atoms with Gasteiger partial charge < -0.3 is 14.8 Å². The largest absolute Gasteiger partial charge is 0.371 e. The number of hydrogen-bond donors (Lipinski definition) is 2. The van der Waals surface area contributed by atoms with Crippen molar-refractivity contribution in [3.05, 3.63) is 42.6 Å². The van der Waals surface area contributed by atoms with Crippen molar-refractivity contribution in [2.24, 2.45) is 17.3 Å². The van der Waals surface area contributed by atoms with Crippen molar-refractivity contribution in [3.63, 3.8) is 0 Å². The standard InChI is InChI=1S/C27H30F2N6O2S/c1-38(36,37)33-17-5-6-18(23(13-17)34-11-9-26(7-8-26)10-12-34)25-30-14-22(32-25)21-3-2-4-24(31-21)35-15-19-20(16-35)27(19,28)29/h2-6,13-14,19-20,33H,7-12,15-16H2,1H3,(H,30,32)/t19-,20+. The SMILES string of the molecule is CS(=O)(=O)Nc1ccc(-c2ncc(-c3cccc(N4C[C@@H]5[C@H](C4)C5(F)F)n3)[nH]2)c(N2CCC3(CC2)CC3)c1. The number of hydrogen-bond acceptors (Lipinski definition) is 6. The maximum atomic E-state index is 13.7. The summed E-state index contributed by atoms with van der Waals surface area (Å²) in [5.41, 5.74) is 4.29. The monoisotopic (exact) mass is 540 g/mol. The molecule has 4 heterocycles. The van der Waals surface area contributed by atoms with Crippen molar-refractivity contribution in [2.75, 3.05) is 47.0 Å². The number of sulfonamides is 1. The van der Waals surface area contributed by atoms with Crippen LogP contribution in [0.4, 0.5) is 26.0 Å². The first-order valence-corrected chi connectivity index (χ1v) is 15.0. The van der Waals surface area contributed by atoms with Gasteiger partial charge >= 0.3 is 0 Å². The van der Waals surface area contributed by atoms with Gasteiger partial charge in [0.2, 0.25) is 10.0 Å². The maximum absolute atomic E-state index is 13.7. The third-order valence-corrected chi connectivity index (χ3v) is 9.39. The fourth-order valence-electron chi connectivity index (χ4n) is 6.20. The van der Waals surface area contributed by atoms with E-state index in [4.69, 9.17) is 4.98 Å². The van der Waals surface area contributed by atoms with Crippen LogP contribution in [0.1, 0.15) is 25.7 Å². The molecule has 2 saturated carbocycles. The van der Waals surface area contributed by atoms with Crippen LogP contribution in [0.25, 0.3) is 22.8 Å². The number of nitrogens with zero attached hydrogens (tertiary/aromatic N) is 4. The van der Waals surface area contributed by atoms with E-state index in [2.05, 4.69) is 19.6 Å². The lowest BCUT2D eigenvalue weighted by atomic mass is 9.93. The first-order chi connectivity index (χ1) is 18.1. The van der Waals surface area contributed by atoms with Gasteiger partial charge in [0.15, 0.2) is 0 Å². The normalized spacial score (nSPS) is 24.9. The van der Waals surface area contributed by atoms with Crippen LogP contribution < -0.4 is 14.5 Å². The molecule has 200 valence electrons. The van der Waals surface area contributed by atoms with Crippen LogP contribution in [0.3, 0.4) is 0 Å². The number of halogens is 2. The minimum atomic E-state index is -3.41. The van der Waals surface area contributed by atoms with Crippen LogP contribution in [0.2, 0.25) is 0 Å². The smallest absolute Gasteiger partial charge is 0.258 e. The molecule has 1 spiro atoms. The van der Waals surface area contributed by atoms with Gasteiger partial charge in [0.1, 0.15) is 11.6 Å². The molecule has 2 aromatic heterocycles. The van der Waals surface area contributed by atoms with E-state index in [0.717, 1.165) is 49.1 Å². The minimum Gasteiger partial charge on any atom is -0.371 e. The number of piperidine rings is 2. The molecule has 4 fully saturated rings. The quantitative estimate of drug-likeness (QED) is 0.475. The summed E-state index contributed by atoms with van der Waals surface area (Å²) in [6, 6.07) is 11.2. The Morgan fingerprint density at radius 3 is 2.45 bits per heavy atom. The summed E-state index contributed by atoms with van der Waals surface area (Å²) in [4.78, 5) is 17.0. The van der Waals surface area contributed by atoms with Crippen molar-refractivity contribution in [3.8, 4) is 22.8 Å². The van der Waals surface area contributed by atoms with Gasteiger partial charge in [0.05, 0.1) is 41.4 Å². The van der Waals surface area contributed by atoms with E-state index in [1.807, 2.05) is 35.2 Å². The third kappa shape index (κ3) is 4.20. The molecule has 3 aromatic rings. The van der Waals surface area contributed by atoms with Crippen LogP contribution in [0.15, 0.2) is 42.6 Å². The molecule has 1 aromatic carbocycles. The molecule has 2 atom stereocenters. The second-order valence-electron chi connectivity index (χ2n) is 11.4. The minimum absolute atomic E-state index is 0.330. The summed E-state index contributed by atoms with van der Waals surface area (Å²) < 4.78 is 53.7.